The second-order valence-electron chi connectivity index (χ2n) is 5.52. The normalized spacial score (nSPS) is 23.9. The molecule has 2 aliphatic rings. The molecule has 1 heterocycles. The summed E-state index contributed by atoms with van der Waals surface area (Å²) in [6.45, 7) is 4.96. The van der Waals surface area contributed by atoms with E-state index in [0.29, 0.717) is 25.0 Å². The van der Waals surface area contributed by atoms with E-state index in [2.05, 4.69) is 17.1 Å². The fraction of sp³-hybridized carbons (Fsp3) is 0.846. The van der Waals surface area contributed by atoms with E-state index in [4.69, 9.17) is 0 Å². The topological polar surface area (TPSA) is 15.3 Å². The smallest absolute Gasteiger partial charge is 0.314 e. The van der Waals surface area contributed by atoms with E-state index >= 15 is 0 Å². The highest BCUT2D eigenvalue weighted by Crippen LogP contribution is 2.30. The van der Waals surface area contributed by atoms with E-state index in [1.807, 2.05) is 0 Å². The molecular weight excluding hydrogens is 241 g/mol. The average Bonchev–Trinajstić information content (AvgIpc) is 3.09. The number of alkyl halides is 3. The molecule has 0 bridgehead atoms. The standard InChI is InChI=1S/C13H21F3N2/c1-10(8-17-12-2-3-12)9-18-6-4-11(5-7-18)13(14,15)16/h4,10,12,17H,2-3,5-9H2,1H3. The molecule has 0 radical (unpaired) electrons. The van der Waals surface area contributed by atoms with E-state index in [9.17, 15) is 13.2 Å². The molecule has 1 aliphatic heterocycles. The Morgan fingerprint density at radius 2 is 2.17 bits per heavy atom. The van der Waals surface area contributed by atoms with Crippen LogP contribution in [-0.4, -0.2) is 43.3 Å². The number of hydrogen-bond acceptors (Lipinski definition) is 2. The Balaban J connectivity index is 1.70. The molecular formula is C13H21F3N2. The van der Waals surface area contributed by atoms with E-state index in [0.717, 1.165) is 13.1 Å². The van der Waals surface area contributed by atoms with Gasteiger partial charge in [0.15, 0.2) is 0 Å². The van der Waals surface area contributed by atoms with Crippen LogP contribution in [0.25, 0.3) is 0 Å². The van der Waals surface area contributed by atoms with Gasteiger partial charge in [-0.3, -0.25) is 4.90 Å². The monoisotopic (exact) mass is 262 g/mol. The predicted octanol–water partition coefficient (Wildman–Crippen LogP) is 2.57. The minimum Gasteiger partial charge on any atom is -0.314 e. The lowest BCUT2D eigenvalue weighted by Gasteiger charge is -2.29. The van der Waals surface area contributed by atoms with Gasteiger partial charge in [-0.25, -0.2) is 0 Å². The van der Waals surface area contributed by atoms with Gasteiger partial charge in [-0.2, -0.15) is 13.2 Å². The highest BCUT2D eigenvalue weighted by molar-refractivity contribution is 5.13. The maximum Gasteiger partial charge on any atom is 0.412 e. The first kappa shape index (κ1) is 13.9. The predicted molar refractivity (Wildman–Crippen MR) is 65.4 cm³/mol. The lowest BCUT2D eigenvalue weighted by atomic mass is 10.1. The van der Waals surface area contributed by atoms with Crippen LogP contribution >= 0.6 is 0 Å². The summed E-state index contributed by atoms with van der Waals surface area (Å²) in [6.07, 6.45) is -0.121. The molecule has 104 valence electrons. The Morgan fingerprint density at radius 1 is 1.44 bits per heavy atom. The Morgan fingerprint density at radius 3 is 2.67 bits per heavy atom. The summed E-state index contributed by atoms with van der Waals surface area (Å²) in [4.78, 5) is 2.11. The summed E-state index contributed by atoms with van der Waals surface area (Å²) in [7, 11) is 0. The number of rotatable bonds is 5. The summed E-state index contributed by atoms with van der Waals surface area (Å²) in [5.41, 5.74) is -0.359. The summed E-state index contributed by atoms with van der Waals surface area (Å²) in [6, 6.07) is 0.700. The molecule has 2 nitrogen and oxygen atoms in total. The van der Waals surface area contributed by atoms with Crippen molar-refractivity contribution in [1.29, 1.82) is 0 Å². The van der Waals surface area contributed by atoms with E-state index < -0.39 is 6.18 Å². The average molecular weight is 262 g/mol. The highest BCUT2D eigenvalue weighted by atomic mass is 19.4. The van der Waals surface area contributed by atoms with E-state index in [1.165, 1.54) is 18.9 Å². The third kappa shape index (κ3) is 4.28. The van der Waals surface area contributed by atoms with Crippen LogP contribution < -0.4 is 5.32 Å². The van der Waals surface area contributed by atoms with Crippen molar-refractivity contribution in [2.24, 2.45) is 5.92 Å². The molecule has 1 atom stereocenters. The van der Waals surface area contributed by atoms with Crippen LogP contribution in [-0.2, 0) is 0 Å². The van der Waals surface area contributed by atoms with Gasteiger partial charge in [-0.05, 0) is 31.7 Å². The fourth-order valence-electron chi connectivity index (χ4n) is 2.30. The van der Waals surface area contributed by atoms with Crippen molar-refractivity contribution in [2.45, 2.75) is 38.4 Å². The lowest BCUT2D eigenvalue weighted by Crippen LogP contribution is -2.37. The van der Waals surface area contributed by atoms with Gasteiger partial charge in [0.25, 0.3) is 0 Å². The van der Waals surface area contributed by atoms with Crippen molar-refractivity contribution in [3.63, 3.8) is 0 Å². The van der Waals surface area contributed by atoms with Crippen molar-refractivity contribution in [3.8, 4) is 0 Å². The lowest BCUT2D eigenvalue weighted by molar-refractivity contribution is -0.0960. The zero-order valence-corrected chi connectivity index (χ0v) is 10.8. The van der Waals surface area contributed by atoms with Crippen LogP contribution in [0.1, 0.15) is 26.2 Å². The maximum atomic E-state index is 12.5. The van der Waals surface area contributed by atoms with Crippen molar-refractivity contribution in [3.05, 3.63) is 11.6 Å². The van der Waals surface area contributed by atoms with Crippen molar-refractivity contribution >= 4 is 0 Å². The van der Waals surface area contributed by atoms with Gasteiger partial charge in [0.05, 0.1) is 0 Å². The Kier molecular flexibility index (Phi) is 4.33. The molecule has 1 aliphatic carbocycles. The van der Waals surface area contributed by atoms with Crippen LogP contribution in [0.5, 0.6) is 0 Å². The molecule has 5 heteroatoms. The van der Waals surface area contributed by atoms with Crippen LogP contribution in [0.2, 0.25) is 0 Å². The first-order valence-corrected chi connectivity index (χ1v) is 6.67. The molecule has 1 fully saturated rings. The molecule has 1 unspecified atom stereocenters. The van der Waals surface area contributed by atoms with Gasteiger partial charge < -0.3 is 5.32 Å². The number of nitrogens with zero attached hydrogens (tertiary/aromatic N) is 1. The second-order valence-corrected chi connectivity index (χ2v) is 5.52. The minimum absolute atomic E-state index is 0.131. The summed E-state index contributed by atoms with van der Waals surface area (Å²) in [5, 5.41) is 3.46. The number of hydrogen-bond donors (Lipinski definition) is 1. The highest BCUT2D eigenvalue weighted by Gasteiger charge is 2.34. The van der Waals surface area contributed by atoms with Gasteiger partial charge in [0.2, 0.25) is 0 Å². The van der Waals surface area contributed by atoms with Gasteiger partial charge in [-0.1, -0.05) is 13.0 Å². The summed E-state index contributed by atoms with van der Waals surface area (Å²) < 4.78 is 37.4. The Bertz CT molecular complexity index is 308. The number of halogens is 3. The van der Waals surface area contributed by atoms with Crippen molar-refractivity contribution < 1.29 is 13.2 Å². The van der Waals surface area contributed by atoms with E-state index in [1.54, 1.807) is 0 Å². The van der Waals surface area contributed by atoms with Crippen LogP contribution in [0.15, 0.2) is 11.6 Å². The molecule has 0 aromatic carbocycles. The third-order valence-corrected chi connectivity index (χ3v) is 3.56. The molecule has 0 amide bonds. The molecule has 0 aromatic rings. The SMILES string of the molecule is CC(CNC1CC1)CN1CC=C(C(F)(F)F)CC1. The fourth-order valence-corrected chi connectivity index (χ4v) is 2.30. The van der Waals surface area contributed by atoms with Gasteiger partial charge in [-0.15, -0.1) is 0 Å². The van der Waals surface area contributed by atoms with Crippen LogP contribution in [0.3, 0.4) is 0 Å². The van der Waals surface area contributed by atoms with Crippen LogP contribution in [0.4, 0.5) is 13.2 Å². The Labute approximate surface area is 106 Å². The third-order valence-electron chi connectivity index (χ3n) is 3.56. The summed E-state index contributed by atoms with van der Waals surface area (Å²) >= 11 is 0. The Hall–Kier alpha value is -0.550. The molecule has 18 heavy (non-hydrogen) atoms. The minimum atomic E-state index is -4.13. The largest absolute Gasteiger partial charge is 0.412 e. The molecule has 1 N–H and O–H groups in total. The van der Waals surface area contributed by atoms with E-state index in [-0.39, 0.29) is 12.0 Å². The zero-order chi connectivity index (χ0) is 13.2. The van der Waals surface area contributed by atoms with Gasteiger partial charge >= 0.3 is 6.18 Å². The summed E-state index contributed by atoms with van der Waals surface area (Å²) in [5.74, 6) is 0.492. The van der Waals surface area contributed by atoms with Crippen molar-refractivity contribution in [2.75, 3.05) is 26.2 Å². The zero-order valence-electron chi connectivity index (χ0n) is 10.8. The van der Waals surface area contributed by atoms with Crippen molar-refractivity contribution in [1.82, 2.24) is 10.2 Å². The maximum absolute atomic E-state index is 12.5. The molecule has 0 saturated heterocycles. The molecule has 2 rings (SSSR count). The molecule has 0 aromatic heterocycles. The first-order chi connectivity index (χ1) is 8.45. The molecule has 1 saturated carbocycles. The van der Waals surface area contributed by atoms with Gasteiger partial charge in [0.1, 0.15) is 0 Å². The first-order valence-electron chi connectivity index (χ1n) is 6.67. The second kappa shape index (κ2) is 5.61. The quantitative estimate of drug-likeness (QED) is 0.766. The van der Waals surface area contributed by atoms with Crippen LogP contribution in [0, 0.1) is 5.92 Å². The molecule has 0 spiro atoms. The number of nitrogens with one attached hydrogen (secondary N) is 1. The van der Waals surface area contributed by atoms with Gasteiger partial charge in [0, 0.05) is 31.2 Å².